The highest BCUT2D eigenvalue weighted by molar-refractivity contribution is 6.17. The van der Waals surface area contributed by atoms with Crippen LogP contribution in [0.2, 0.25) is 0 Å². The van der Waals surface area contributed by atoms with Crippen LogP contribution in [0.25, 0.3) is 0 Å². The monoisotopic (exact) mass is 230 g/mol. The second kappa shape index (κ2) is 5.31. The first kappa shape index (κ1) is 12.2. The average molecular weight is 231 g/mol. The summed E-state index contributed by atoms with van der Waals surface area (Å²) in [7, 11) is 1.84. The van der Waals surface area contributed by atoms with Crippen molar-refractivity contribution in [2.45, 2.75) is 32.2 Å². The zero-order chi connectivity index (χ0) is 11.4. The van der Waals surface area contributed by atoms with Gasteiger partial charge in [-0.15, -0.1) is 11.6 Å². The molecule has 1 atom stereocenters. The summed E-state index contributed by atoms with van der Waals surface area (Å²) in [6.07, 6.45) is 2.54. The number of halogens is 2. The molecular formula is C11H16ClFN2. The standard InChI is InChI=1S/C11H16ClFN2/c1-4-8(2)15(3)11-10(13)9(7-12)5-6-14-11/h5-6,8H,4,7H2,1-3H3. The van der Waals surface area contributed by atoms with E-state index in [1.165, 1.54) is 0 Å². The van der Waals surface area contributed by atoms with Crippen molar-refractivity contribution in [2.24, 2.45) is 0 Å². The minimum absolute atomic E-state index is 0.176. The van der Waals surface area contributed by atoms with Crippen molar-refractivity contribution >= 4 is 17.4 Å². The predicted octanol–water partition coefficient (Wildman–Crippen LogP) is 3.19. The SMILES string of the molecule is CCC(C)N(C)c1nccc(CCl)c1F. The summed E-state index contributed by atoms with van der Waals surface area (Å²) in [6.45, 7) is 4.10. The molecule has 15 heavy (non-hydrogen) atoms. The summed E-state index contributed by atoms with van der Waals surface area (Å²) in [6, 6.07) is 1.87. The van der Waals surface area contributed by atoms with Crippen molar-refractivity contribution in [3.05, 3.63) is 23.6 Å². The molecule has 2 nitrogen and oxygen atoms in total. The maximum absolute atomic E-state index is 13.8. The lowest BCUT2D eigenvalue weighted by molar-refractivity contribution is 0.582. The van der Waals surface area contributed by atoms with Crippen molar-refractivity contribution in [2.75, 3.05) is 11.9 Å². The van der Waals surface area contributed by atoms with Gasteiger partial charge in [0.25, 0.3) is 0 Å². The second-order valence-electron chi connectivity index (χ2n) is 3.61. The molecule has 0 amide bonds. The minimum Gasteiger partial charge on any atom is -0.355 e. The normalized spacial score (nSPS) is 12.6. The summed E-state index contributed by atoms with van der Waals surface area (Å²) >= 11 is 5.64. The van der Waals surface area contributed by atoms with Gasteiger partial charge in [-0.1, -0.05) is 6.92 Å². The quantitative estimate of drug-likeness (QED) is 0.739. The van der Waals surface area contributed by atoms with Gasteiger partial charge in [0.1, 0.15) is 0 Å². The van der Waals surface area contributed by atoms with Crippen LogP contribution in [0, 0.1) is 5.82 Å². The maximum Gasteiger partial charge on any atom is 0.170 e. The zero-order valence-corrected chi connectivity index (χ0v) is 10.1. The van der Waals surface area contributed by atoms with Crippen LogP contribution in [0.3, 0.4) is 0 Å². The van der Waals surface area contributed by atoms with Gasteiger partial charge in [-0.05, 0) is 19.4 Å². The molecule has 0 spiro atoms. The number of anilines is 1. The molecule has 0 aliphatic rings. The van der Waals surface area contributed by atoms with Crippen LogP contribution < -0.4 is 4.90 Å². The number of hydrogen-bond acceptors (Lipinski definition) is 2. The molecule has 0 N–H and O–H groups in total. The van der Waals surface area contributed by atoms with Gasteiger partial charge in [-0.2, -0.15) is 0 Å². The largest absolute Gasteiger partial charge is 0.355 e. The number of alkyl halides is 1. The van der Waals surface area contributed by atoms with E-state index >= 15 is 0 Å². The number of aromatic nitrogens is 1. The highest BCUT2D eigenvalue weighted by atomic mass is 35.5. The third-order valence-electron chi connectivity index (χ3n) is 2.68. The molecule has 0 aromatic carbocycles. The molecule has 1 aromatic rings. The smallest absolute Gasteiger partial charge is 0.170 e. The van der Waals surface area contributed by atoms with Crippen LogP contribution in [0.15, 0.2) is 12.3 Å². The van der Waals surface area contributed by atoms with E-state index in [1.54, 1.807) is 12.3 Å². The van der Waals surface area contributed by atoms with E-state index in [0.29, 0.717) is 11.4 Å². The molecular weight excluding hydrogens is 215 g/mol. The van der Waals surface area contributed by atoms with Gasteiger partial charge in [0.15, 0.2) is 11.6 Å². The summed E-state index contributed by atoms with van der Waals surface area (Å²) in [5.74, 6) is 0.244. The van der Waals surface area contributed by atoms with Crippen molar-refractivity contribution in [3.8, 4) is 0 Å². The van der Waals surface area contributed by atoms with Crippen LogP contribution in [0.4, 0.5) is 10.2 Å². The summed E-state index contributed by atoms with van der Waals surface area (Å²) in [5, 5.41) is 0. The molecule has 0 saturated heterocycles. The highest BCUT2D eigenvalue weighted by Gasteiger charge is 2.15. The van der Waals surface area contributed by atoms with E-state index in [1.807, 2.05) is 18.9 Å². The molecule has 1 rings (SSSR count). The first-order chi connectivity index (χ1) is 7.11. The number of pyridine rings is 1. The third-order valence-corrected chi connectivity index (χ3v) is 2.97. The molecule has 0 saturated carbocycles. The fourth-order valence-electron chi connectivity index (χ4n) is 1.30. The Morgan fingerprint density at radius 2 is 2.27 bits per heavy atom. The van der Waals surface area contributed by atoms with Crippen LogP contribution in [-0.4, -0.2) is 18.1 Å². The summed E-state index contributed by atoms with van der Waals surface area (Å²) in [5.41, 5.74) is 0.497. The molecule has 0 aliphatic heterocycles. The molecule has 1 aromatic heterocycles. The molecule has 84 valence electrons. The fraction of sp³-hybridized carbons (Fsp3) is 0.545. The van der Waals surface area contributed by atoms with Gasteiger partial charge in [-0.3, -0.25) is 0 Å². The van der Waals surface area contributed by atoms with Gasteiger partial charge >= 0.3 is 0 Å². The van der Waals surface area contributed by atoms with Crippen LogP contribution in [-0.2, 0) is 5.88 Å². The fourth-order valence-corrected chi connectivity index (χ4v) is 1.51. The van der Waals surface area contributed by atoms with Crippen molar-refractivity contribution < 1.29 is 4.39 Å². The predicted molar refractivity (Wildman–Crippen MR) is 61.9 cm³/mol. The molecule has 0 fully saturated rings. The van der Waals surface area contributed by atoms with Gasteiger partial charge in [0, 0.05) is 24.8 Å². The average Bonchev–Trinajstić information content (AvgIpc) is 2.27. The van der Waals surface area contributed by atoms with Crippen LogP contribution in [0.5, 0.6) is 0 Å². The van der Waals surface area contributed by atoms with E-state index in [0.717, 1.165) is 6.42 Å². The minimum atomic E-state index is -0.310. The topological polar surface area (TPSA) is 16.1 Å². The molecule has 1 heterocycles. The number of hydrogen-bond donors (Lipinski definition) is 0. The van der Waals surface area contributed by atoms with E-state index in [9.17, 15) is 4.39 Å². The summed E-state index contributed by atoms with van der Waals surface area (Å²) < 4.78 is 13.8. The Hall–Kier alpha value is -0.830. The molecule has 0 aliphatic carbocycles. The Morgan fingerprint density at radius 1 is 1.60 bits per heavy atom. The van der Waals surface area contributed by atoms with Crippen LogP contribution in [0.1, 0.15) is 25.8 Å². The lowest BCUT2D eigenvalue weighted by atomic mass is 10.2. The van der Waals surface area contributed by atoms with E-state index in [4.69, 9.17) is 11.6 Å². The molecule has 1 unspecified atom stereocenters. The molecule has 0 bridgehead atoms. The number of rotatable bonds is 4. The van der Waals surface area contributed by atoms with E-state index in [2.05, 4.69) is 11.9 Å². The Labute approximate surface area is 95.1 Å². The van der Waals surface area contributed by atoms with Gasteiger partial charge in [-0.25, -0.2) is 9.37 Å². The molecule has 4 heteroatoms. The van der Waals surface area contributed by atoms with Gasteiger partial charge in [0.05, 0.1) is 5.88 Å². The van der Waals surface area contributed by atoms with E-state index < -0.39 is 0 Å². The van der Waals surface area contributed by atoms with E-state index in [-0.39, 0.29) is 17.7 Å². The second-order valence-corrected chi connectivity index (χ2v) is 3.88. The lowest BCUT2D eigenvalue weighted by Crippen LogP contribution is -2.29. The Bertz CT molecular complexity index is 330. The third kappa shape index (κ3) is 2.59. The summed E-state index contributed by atoms with van der Waals surface area (Å²) in [4.78, 5) is 5.89. The Kier molecular flexibility index (Phi) is 4.33. The number of nitrogens with zero attached hydrogens (tertiary/aromatic N) is 2. The Balaban J connectivity index is 3.03. The van der Waals surface area contributed by atoms with Gasteiger partial charge in [0.2, 0.25) is 0 Å². The van der Waals surface area contributed by atoms with Crippen molar-refractivity contribution in [3.63, 3.8) is 0 Å². The van der Waals surface area contributed by atoms with Crippen molar-refractivity contribution in [1.82, 2.24) is 4.98 Å². The van der Waals surface area contributed by atoms with Gasteiger partial charge < -0.3 is 4.90 Å². The first-order valence-corrected chi connectivity index (χ1v) is 5.57. The maximum atomic E-state index is 13.8. The first-order valence-electron chi connectivity index (χ1n) is 5.04. The van der Waals surface area contributed by atoms with Crippen molar-refractivity contribution in [1.29, 1.82) is 0 Å². The highest BCUT2D eigenvalue weighted by Crippen LogP contribution is 2.21. The Morgan fingerprint density at radius 3 is 2.80 bits per heavy atom. The lowest BCUT2D eigenvalue weighted by Gasteiger charge is -2.25. The van der Waals surface area contributed by atoms with Crippen LogP contribution >= 0.6 is 11.6 Å². The molecule has 0 radical (unpaired) electrons. The zero-order valence-electron chi connectivity index (χ0n) is 9.30.